The van der Waals surface area contributed by atoms with Crippen LogP contribution in [0.25, 0.3) is 0 Å². The van der Waals surface area contributed by atoms with E-state index in [4.69, 9.17) is 18.9 Å². The van der Waals surface area contributed by atoms with Gasteiger partial charge in [-0.3, -0.25) is 0 Å². The summed E-state index contributed by atoms with van der Waals surface area (Å²) in [6.45, 7) is 12.4. The highest BCUT2D eigenvalue weighted by atomic mass is 16.6. The van der Waals surface area contributed by atoms with Gasteiger partial charge in [0.15, 0.2) is 0 Å². The fourth-order valence-electron chi connectivity index (χ4n) is 1.52. The number of hydrogen-bond donors (Lipinski definition) is 0. The fraction of sp³-hybridized carbons (Fsp3) is 0.625. The molecule has 0 radical (unpaired) electrons. The van der Waals surface area contributed by atoms with Crippen LogP contribution < -0.4 is 0 Å². The first-order valence-electron chi connectivity index (χ1n) is 7.28. The zero-order valence-electron chi connectivity index (χ0n) is 13.3. The molecule has 2 aliphatic heterocycles. The van der Waals surface area contributed by atoms with Crippen LogP contribution in [0.4, 0.5) is 0 Å². The number of rotatable bonds is 6. The highest BCUT2D eigenvalue weighted by Crippen LogP contribution is 2.12. The Morgan fingerprint density at radius 1 is 1.00 bits per heavy atom. The van der Waals surface area contributed by atoms with E-state index in [2.05, 4.69) is 13.2 Å². The van der Waals surface area contributed by atoms with Crippen molar-refractivity contribution in [2.75, 3.05) is 26.4 Å². The van der Waals surface area contributed by atoms with Gasteiger partial charge in [-0.05, 0) is 26.7 Å². The molecule has 0 aromatic rings. The summed E-state index contributed by atoms with van der Waals surface area (Å²) < 4.78 is 19.8. The largest absolute Gasteiger partial charge is 0.460 e. The molecular weight excluding hydrogens is 288 g/mol. The third kappa shape index (κ3) is 7.95. The van der Waals surface area contributed by atoms with E-state index in [1.165, 1.54) is 0 Å². The van der Waals surface area contributed by atoms with Gasteiger partial charge in [-0.2, -0.15) is 0 Å². The predicted molar refractivity (Wildman–Crippen MR) is 80.3 cm³/mol. The molecule has 2 rings (SSSR count). The van der Waals surface area contributed by atoms with E-state index < -0.39 is 0 Å². The van der Waals surface area contributed by atoms with Gasteiger partial charge in [0, 0.05) is 17.8 Å². The minimum atomic E-state index is -0.337. The molecule has 22 heavy (non-hydrogen) atoms. The lowest BCUT2D eigenvalue weighted by Crippen LogP contribution is -2.17. The van der Waals surface area contributed by atoms with Crippen molar-refractivity contribution in [1.29, 1.82) is 0 Å². The molecule has 0 spiro atoms. The minimum Gasteiger partial charge on any atom is -0.460 e. The Morgan fingerprint density at radius 2 is 1.50 bits per heavy atom. The second-order valence-corrected chi connectivity index (χ2v) is 5.35. The molecule has 124 valence electrons. The maximum absolute atomic E-state index is 10.9. The van der Waals surface area contributed by atoms with Gasteiger partial charge in [-0.25, -0.2) is 9.59 Å². The Balaban J connectivity index is 0.000000224. The molecule has 0 aromatic heterocycles. The van der Waals surface area contributed by atoms with E-state index in [1.807, 2.05) is 0 Å². The fourth-order valence-corrected chi connectivity index (χ4v) is 1.52. The SMILES string of the molecule is C=C(C)C(=O)OCC1CCCO1.C=C(C)C(=O)OCC1CO1. The summed E-state index contributed by atoms with van der Waals surface area (Å²) in [5.74, 6) is -0.666. The first kappa shape index (κ1) is 18.4. The number of carbonyl (C=O) groups is 2. The molecular formula is C16H24O6. The molecule has 0 aromatic carbocycles. The van der Waals surface area contributed by atoms with E-state index in [0.29, 0.717) is 31.0 Å². The first-order valence-corrected chi connectivity index (χ1v) is 7.28. The lowest BCUT2D eigenvalue weighted by atomic mass is 10.2. The third-order valence-corrected chi connectivity index (χ3v) is 2.92. The standard InChI is InChI=1S/C9H14O3.C7H10O3/c1-7(2)9(10)12-6-8-4-3-5-11-8;1-5(2)7(8)10-4-6-3-9-6/h8H,1,3-6H2,2H3;6H,1,3-4H2,2H3. The zero-order chi connectivity index (χ0) is 16.5. The molecule has 0 amide bonds. The van der Waals surface area contributed by atoms with Gasteiger partial charge in [0.05, 0.1) is 12.7 Å². The Hall–Kier alpha value is -1.66. The van der Waals surface area contributed by atoms with E-state index >= 15 is 0 Å². The van der Waals surface area contributed by atoms with E-state index in [9.17, 15) is 9.59 Å². The van der Waals surface area contributed by atoms with Crippen molar-refractivity contribution >= 4 is 11.9 Å². The molecule has 2 heterocycles. The molecule has 0 aliphatic carbocycles. The number of epoxide rings is 1. The van der Waals surface area contributed by atoms with Crippen molar-refractivity contribution in [3.8, 4) is 0 Å². The van der Waals surface area contributed by atoms with E-state index in [0.717, 1.165) is 19.4 Å². The predicted octanol–water partition coefficient (Wildman–Crippen LogP) is 1.79. The molecule has 0 bridgehead atoms. The van der Waals surface area contributed by atoms with Crippen LogP contribution in [-0.4, -0.2) is 50.6 Å². The van der Waals surface area contributed by atoms with Crippen molar-refractivity contribution < 1.29 is 28.5 Å². The summed E-state index contributed by atoms with van der Waals surface area (Å²) in [4.78, 5) is 21.6. The van der Waals surface area contributed by atoms with Crippen molar-refractivity contribution in [2.45, 2.75) is 38.9 Å². The lowest BCUT2D eigenvalue weighted by Gasteiger charge is -2.09. The molecule has 2 atom stereocenters. The summed E-state index contributed by atoms with van der Waals surface area (Å²) in [5, 5.41) is 0. The normalized spacial score (nSPS) is 22.1. The summed E-state index contributed by atoms with van der Waals surface area (Å²) in [5.41, 5.74) is 0.869. The minimum absolute atomic E-state index is 0.105. The maximum Gasteiger partial charge on any atom is 0.333 e. The van der Waals surface area contributed by atoms with E-state index in [-0.39, 0.29) is 24.1 Å². The van der Waals surface area contributed by atoms with Gasteiger partial charge < -0.3 is 18.9 Å². The Bertz CT molecular complexity index is 418. The smallest absolute Gasteiger partial charge is 0.333 e. The summed E-state index contributed by atoms with van der Waals surface area (Å²) in [6.07, 6.45) is 2.30. The molecule has 2 saturated heterocycles. The molecule has 0 N–H and O–H groups in total. The second kappa shape index (κ2) is 9.38. The Morgan fingerprint density at radius 3 is 1.86 bits per heavy atom. The van der Waals surface area contributed by atoms with Crippen LogP contribution in [0.5, 0.6) is 0 Å². The van der Waals surface area contributed by atoms with Crippen molar-refractivity contribution in [3.05, 3.63) is 24.3 Å². The van der Waals surface area contributed by atoms with Crippen molar-refractivity contribution in [1.82, 2.24) is 0 Å². The lowest BCUT2D eigenvalue weighted by molar-refractivity contribution is -0.142. The Labute approximate surface area is 131 Å². The highest BCUT2D eigenvalue weighted by molar-refractivity contribution is 5.87. The van der Waals surface area contributed by atoms with Gasteiger partial charge in [0.25, 0.3) is 0 Å². The third-order valence-electron chi connectivity index (χ3n) is 2.92. The van der Waals surface area contributed by atoms with Gasteiger partial charge in [0.2, 0.25) is 0 Å². The average molecular weight is 312 g/mol. The monoisotopic (exact) mass is 312 g/mol. The zero-order valence-corrected chi connectivity index (χ0v) is 13.3. The quantitative estimate of drug-likeness (QED) is 0.423. The van der Waals surface area contributed by atoms with E-state index in [1.54, 1.807) is 13.8 Å². The van der Waals surface area contributed by atoms with Crippen LogP contribution in [-0.2, 0) is 28.5 Å². The topological polar surface area (TPSA) is 74.4 Å². The van der Waals surface area contributed by atoms with Gasteiger partial charge in [-0.15, -0.1) is 0 Å². The number of carbonyl (C=O) groups excluding carboxylic acids is 2. The van der Waals surface area contributed by atoms with Crippen LogP contribution in [0.1, 0.15) is 26.7 Å². The van der Waals surface area contributed by atoms with Crippen LogP contribution in [0, 0.1) is 0 Å². The van der Waals surface area contributed by atoms with Crippen molar-refractivity contribution in [3.63, 3.8) is 0 Å². The molecule has 2 unspecified atom stereocenters. The summed E-state index contributed by atoms with van der Waals surface area (Å²) in [7, 11) is 0. The maximum atomic E-state index is 10.9. The molecule has 2 aliphatic rings. The number of ether oxygens (including phenoxy) is 4. The highest BCUT2D eigenvalue weighted by Gasteiger charge is 2.24. The van der Waals surface area contributed by atoms with Gasteiger partial charge in [-0.1, -0.05) is 13.2 Å². The van der Waals surface area contributed by atoms with Crippen molar-refractivity contribution in [2.24, 2.45) is 0 Å². The average Bonchev–Trinajstić information content (AvgIpc) is 3.16. The van der Waals surface area contributed by atoms with Crippen LogP contribution >= 0.6 is 0 Å². The van der Waals surface area contributed by atoms with Crippen LogP contribution in [0.15, 0.2) is 24.3 Å². The van der Waals surface area contributed by atoms with Crippen LogP contribution in [0.2, 0.25) is 0 Å². The van der Waals surface area contributed by atoms with Crippen LogP contribution in [0.3, 0.4) is 0 Å². The molecule has 2 fully saturated rings. The number of hydrogen-bond acceptors (Lipinski definition) is 6. The second-order valence-electron chi connectivity index (χ2n) is 5.35. The summed E-state index contributed by atoms with van der Waals surface area (Å²) >= 11 is 0. The molecule has 6 heteroatoms. The summed E-state index contributed by atoms with van der Waals surface area (Å²) in [6, 6.07) is 0. The molecule has 6 nitrogen and oxygen atoms in total. The van der Waals surface area contributed by atoms with Gasteiger partial charge in [0.1, 0.15) is 19.3 Å². The number of esters is 2. The Kier molecular flexibility index (Phi) is 7.84. The molecule has 0 saturated carbocycles. The first-order chi connectivity index (χ1) is 10.4. The van der Waals surface area contributed by atoms with Gasteiger partial charge >= 0.3 is 11.9 Å².